The molecule has 0 unspecified atom stereocenters. The normalized spacial score (nSPS) is 12.5. The highest BCUT2D eigenvalue weighted by Gasteiger charge is 2.22. The minimum atomic E-state index is 0.757. The van der Waals surface area contributed by atoms with Crippen LogP contribution in [0.5, 0.6) is 0 Å². The van der Waals surface area contributed by atoms with Gasteiger partial charge in [-0.3, -0.25) is 4.79 Å². The standard InChI is InChI=1S/C29H41NOS/c1-2-3-4-5-6-7-8-9-10-11-12-13-14-17-22-30-26-18-15-16-19-28(26)32-29-23-25(24-31)20-21-27(29)30/h15-16,18-21,23-24H,2-14,17,22H2,1H3. The molecule has 2 aromatic carbocycles. The lowest BCUT2D eigenvalue weighted by molar-refractivity contribution is 0.112. The van der Waals surface area contributed by atoms with Crippen molar-refractivity contribution in [1.29, 1.82) is 0 Å². The van der Waals surface area contributed by atoms with Crippen molar-refractivity contribution in [2.45, 2.75) is 107 Å². The zero-order chi connectivity index (χ0) is 22.4. The minimum Gasteiger partial charge on any atom is -0.340 e. The van der Waals surface area contributed by atoms with Gasteiger partial charge in [0.2, 0.25) is 0 Å². The number of benzene rings is 2. The van der Waals surface area contributed by atoms with Gasteiger partial charge in [-0.25, -0.2) is 0 Å². The number of nitrogens with zero attached hydrogens (tertiary/aromatic N) is 1. The number of para-hydroxylation sites is 1. The smallest absolute Gasteiger partial charge is 0.150 e. The summed E-state index contributed by atoms with van der Waals surface area (Å²) in [5.74, 6) is 0. The Morgan fingerprint density at radius 3 is 1.88 bits per heavy atom. The fraction of sp³-hybridized carbons (Fsp3) is 0.552. The summed E-state index contributed by atoms with van der Waals surface area (Å²) in [5.41, 5.74) is 3.31. The minimum absolute atomic E-state index is 0.757. The molecule has 0 atom stereocenters. The van der Waals surface area contributed by atoms with E-state index in [2.05, 4.69) is 42.2 Å². The van der Waals surface area contributed by atoms with E-state index in [-0.39, 0.29) is 0 Å². The third kappa shape index (κ3) is 7.69. The van der Waals surface area contributed by atoms with Crippen molar-refractivity contribution < 1.29 is 4.79 Å². The number of carbonyl (C=O) groups excluding carboxylic acids is 1. The van der Waals surface area contributed by atoms with E-state index >= 15 is 0 Å². The van der Waals surface area contributed by atoms with Crippen molar-refractivity contribution in [3.8, 4) is 0 Å². The van der Waals surface area contributed by atoms with Crippen LogP contribution in [0.4, 0.5) is 11.4 Å². The van der Waals surface area contributed by atoms with Crippen LogP contribution in [0.1, 0.15) is 107 Å². The molecule has 0 spiro atoms. The SMILES string of the molecule is CCCCCCCCCCCCCCCCN1c2ccccc2Sc2cc(C=O)ccc21. The first-order chi connectivity index (χ1) is 15.8. The molecular formula is C29H41NOS. The highest BCUT2D eigenvalue weighted by Crippen LogP contribution is 2.48. The summed E-state index contributed by atoms with van der Waals surface area (Å²) in [6, 6.07) is 14.7. The van der Waals surface area contributed by atoms with Crippen LogP contribution in [0.15, 0.2) is 52.3 Å². The molecule has 1 aliphatic heterocycles. The van der Waals surface area contributed by atoms with Gasteiger partial charge < -0.3 is 4.90 Å². The van der Waals surface area contributed by atoms with Crippen molar-refractivity contribution in [3.63, 3.8) is 0 Å². The van der Waals surface area contributed by atoms with Gasteiger partial charge in [0.15, 0.2) is 0 Å². The van der Waals surface area contributed by atoms with Crippen LogP contribution in [0, 0.1) is 0 Å². The van der Waals surface area contributed by atoms with Crippen LogP contribution in [0.2, 0.25) is 0 Å². The molecule has 0 N–H and O–H groups in total. The maximum Gasteiger partial charge on any atom is 0.150 e. The molecular weight excluding hydrogens is 410 g/mol. The first kappa shape index (κ1) is 24.9. The zero-order valence-corrected chi connectivity index (χ0v) is 20.8. The molecule has 0 saturated carbocycles. The van der Waals surface area contributed by atoms with Gasteiger partial charge in [-0.2, -0.15) is 0 Å². The highest BCUT2D eigenvalue weighted by atomic mass is 32.2. The van der Waals surface area contributed by atoms with E-state index in [4.69, 9.17) is 0 Å². The average Bonchev–Trinajstić information content (AvgIpc) is 2.83. The molecule has 0 aliphatic carbocycles. The van der Waals surface area contributed by atoms with Crippen molar-refractivity contribution in [2.24, 2.45) is 0 Å². The van der Waals surface area contributed by atoms with Gasteiger partial charge in [-0.05, 0) is 36.8 Å². The number of unbranched alkanes of at least 4 members (excludes halogenated alkanes) is 13. The topological polar surface area (TPSA) is 20.3 Å². The van der Waals surface area contributed by atoms with E-state index in [9.17, 15) is 4.79 Å². The summed E-state index contributed by atoms with van der Waals surface area (Å²) in [6.45, 7) is 3.33. The molecule has 32 heavy (non-hydrogen) atoms. The largest absolute Gasteiger partial charge is 0.340 e. The molecule has 2 aromatic rings. The second-order valence-corrected chi connectivity index (χ2v) is 10.2. The fourth-order valence-corrected chi connectivity index (χ4v) is 5.77. The summed E-state index contributed by atoms with van der Waals surface area (Å²) in [4.78, 5) is 16.1. The lowest BCUT2D eigenvalue weighted by atomic mass is 10.0. The average molecular weight is 452 g/mol. The molecule has 0 radical (unpaired) electrons. The Hall–Kier alpha value is -1.74. The van der Waals surface area contributed by atoms with Crippen LogP contribution >= 0.6 is 11.8 Å². The van der Waals surface area contributed by atoms with Crippen molar-refractivity contribution in [2.75, 3.05) is 11.4 Å². The first-order valence-corrected chi connectivity index (χ1v) is 13.8. The van der Waals surface area contributed by atoms with Crippen LogP contribution < -0.4 is 4.90 Å². The number of fused-ring (bicyclic) bond motifs is 2. The molecule has 0 saturated heterocycles. The highest BCUT2D eigenvalue weighted by molar-refractivity contribution is 7.99. The van der Waals surface area contributed by atoms with Crippen molar-refractivity contribution in [1.82, 2.24) is 0 Å². The van der Waals surface area contributed by atoms with Gasteiger partial charge in [0, 0.05) is 21.9 Å². The Balaban J connectivity index is 1.33. The van der Waals surface area contributed by atoms with E-state index in [1.807, 2.05) is 12.1 Å². The number of carbonyl (C=O) groups is 1. The molecule has 3 rings (SSSR count). The maximum absolute atomic E-state index is 11.2. The van der Waals surface area contributed by atoms with Gasteiger partial charge in [0.1, 0.15) is 6.29 Å². The van der Waals surface area contributed by atoms with Gasteiger partial charge in [0.25, 0.3) is 0 Å². The second-order valence-electron chi connectivity index (χ2n) is 9.16. The summed E-state index contributed by atoms with van der Waals surface area (Å²) in [6.07, 6.45) is 20.4. The van der Waals surface area contributed by atoms with Crippen molar-refractivity contribution >= 4 is 29.4 Å². The quantitative estimate of drug-likeness (QED) is 0.187. The number of hydrogen-bond acceptors (Lipinski definition) is 3. The number of aldehydes is 1. The Morgan fingerprint density at radius 2 is 1.25 bits per heavy atom. The summed E-state index contributed by atoms with van der Waals surface area (Å²) >= 11 is 1.78. The van der Waals surface area contributed by atoms with Gasteiger partial charge in [-0.1, -0.05) is 114 Å². The van der Waals surface area contributed by atoms with Crippen LogP contribution in [-0.4, -0.2) is 12.8 Å². The second kappa shape index (κ2) is 14.4. The first-order valence-electron chi connectivity index (χ1n) is 13.0. The molecule has 174 valence electrons. The Labute approximate surface area is 200 Å². The third-order valence-corrected chi connectivity index (χ3v) is 7.63. The van der Waals surface area contributed by atoms with E-state index in [1.54, 1.807) is 11.8 Å². The van der Waals surface area contributed by atoms with Crippen LogP contribution in [0.25, 0.3) is 0 Å². The maximum atomic E-state index is 11.2. The Bertz CT molecular complexity index is 819. The van der Waals surface area contributed by atoms with Gasteiger partial charge in [0.05, 0.1) is 11.4 Å². The molecule has 0 amide bonds. The van der Waals surface area contributed by atoms with Gasteiger partial charge in [-0.15, -0.1) is 0 Å². The lowest BCUT2D eigenvalue weighted by Crippen LogP contribution is -2.22. The van der Waals surface area contributed by atoms with Gasteiger partial charge >= 0.3 is 0 Å². The summed E-state index contributed by atoms with van der Waals surface area (Å²) < 4.78 is 0. The molecule has 1 heterocycles. The Kier molecular flexibility index (Phi) is 11.2. The Morgan fingerprint density at radius 1 is 0.688 bits per heavy atom. The number of rotatable bonds is 16. The predicted molar refractivity (Wildman–Crippen MR) is 140 cm³/mol. The monoisotopic (exact) mass is 451 g/mol. The zero-order valence-electron chi connectivity index (χ0n) is 20.0. The molecule has 0 fully saturated rings. The molecule has 0 bridgehead atoms. The molecule has 1 aliphatic rings. The summed E-state index contributed by atoms with van der Waals surface area (Å²) in [5, 5.41) is 0. The van der Waals surface area contributed by atoms with E-state index in [0.717, 1.165) is 18.4 Å². The number of hydrogen-bond donors (Lipinski definition) is 0. The predicted octanol–water partition coefficient (Wildman–Crippen LogP) is 9.58. The fourth-order valence-electron chi connectivity index (χ4n) is 4.63. The molecule has 3 heteroatoms. The van der Waals surface area contributed by atoms with Crippen LogP contribution in [0.3, 0.4) is 0 Å². The summed E-state index contributed by atoms with van der Waals surface area (Å²) in [7, 11) is 0. The van der Waals surface area contributed by atoms with Crippen molar-refractivity contribution in [3.05, 3.63) is 48.0 Å². The van der Waals surface area contributed by atoms with E-state index < -0.39 is 0 Å². The molecule has 2 nitrogen and oxygen atoms in total. The number of anilines is 2. The lowest BCUT2D eigenvalue weighted by Gasteiger charge is -2.33. The van der Waals surface area contributed by atoms with E-state index in [1.165, 1.54) is 111 Å². The van der Waals surface area contributed by atoms with Crippen LogP contribution in [-0.2, 0) is 0 Å². The third-order valence-electron chi connectivity index (χ3n) is 6.52. The van der Waals surface area contributed by atoms with E-state index in [0.29, 0.717) is 0 Å². The molecule has 0 aromatic heterocycles.